The molecule has 1 heterocycles. The Labute approximate surface area is 193 Å². The molecule has 0 atom stereocenters. The van der Waals surface area contributed by atoms with Gasteiger partial charge in [0.25, 0.3) is 0 Å². The zero-order valence-corrected chi connectivity index (χ0v) is 20.2. The number of aliphatic carboxylic acids is 1. The minimum absolute atomic E-state index is 0.258. The van der Waals surface area contributed by atoms with E-state index in [0.717, 1.165) is 38.1 Å². The van der Waals surface area contributed by atoms with Crippen molar-refractivity contribution in [1.29, 1.82) is 0 Å². The number of ether oxygens (including phenoxy) is 1. The molecule has 0 aliphatic carbocycles. The SMILES string of the molecule is C/C(=C\C(=O)O)c1ccc2scc(-c3cc(C(C)C)cc(C(C)C)c3OCCCF)c2c1. The van der Waals surface area contributed by atoms with E-state index in [2.05, 4.69) is 51.3 Å². The van der Waals surface area contributed by atoms with E-state index in [9.17, 15) is 9.18 Å². The zero-order chi connectivity index (χ0) is 23.4. The molecule has 0 saturated heterocycles. The molecule has 0 saturated carbocycles. The second-order valence-corrected chi connectivity index (χ2v) is 9.62. The van der Waals surface area contributed by atoms with Crippen LogP contribution in [0, 0.1) is 0 Å². The molecule has 3 rings (SSSR count). The van der Waals surface area contributed by atoms with Crippen LogP contribution in [0.1, 0.15) is 69.6 Å². The molecule has 3 nitrogen and oxygen atoms in total. The Morgan fingerprint density at radius 1 is 1.12 bits per heavy atom. The van der Waals surface area contributed by atoms with Crippen molar-refractivity contribution in [2.24, 2.45) is 0 Å². The van der Waals surface area contributed by atoms with Gasteiger partial charge in [0.05, 0.1) is 13.3 Å². The Bertz CT molecular complexity index is 1140. The summed E-state index contributed by atoms with van der Waals surface area (Å²) in [7, 11) is 0. The first kappa shape index (κ1) is 24.0. The molecule has 1 aromatic heterocycles. The van der Waals surface area contributed by atoms with Gasteiger partial charge in [-0.25, -0.2) is 4.79 Å². The van der Waals surface area contributed by atoms with Crippen LogP contribution in [0.4, 0.5) is 4.39 Å². The average Bonchev–Trinajstić information content (AvgIpc) is 3.16. The first-order valence-electron chi connectivity index (χ1n) is 11.0. The normalized spacial score (nSPS) is 12.2. The lowest BCUT2D eigenvalue weighted by molar-refractivity contribution is -0.131. The van der Waals surface area contributed by atoms with Crippen LogP contribution in [0.2, 0.25) is 0 Å². The first-order valence-corrected chi connectivity index (χ1v) is 11.9. The van der Waals surface area contributed by atoms with Gasteiger partial charge in [-0.05, 0) is 64.6 Å². The summed E-state index contributed by atoms with van der Waals surface area (Å²) in [4.78, 5) is 11.1. The standard InChI is InChI=1S/C27H31FO3S/c1-16(2)20-13-21(17(3)4)27(31-10-6-9-28)23(14-20)24-15-32-25-8-7-19(12-22(24)25)18(5)11-26(29)30/h7-8,11-17H,6,9-10H2,1-5H3,(H,29,30)/b18-11+. The molecule has 1 N–H and O–H groups in total. The van der Waals surface area contributed by atoms with Crippen molar-refractivity contribution >= 4 is 33.0 Å². The molecular weight excluding hydrogens is 423 g/mol. The van der Waals surface area contributed by atoms with Crippen molar-refractivity contribution in [3.05, 3.63) is 58.5 Å². The van der Waals surface area contributed by atoms with Crippen molar-refractivity contribution in [1.82, 2.24) is 0 Å². The van der Waals surface area contributed by atoms with Crippen molar-refractivity contribution in [3.63, 3.8) is 0 Å². The summed E-state index contributed by atoms with van der Waals surface area (Å²) >= 11 is 1.66. The van der Waals surface area contributed by atoms with Crippen LogP contribution in [0.5, 0.6) is 5.75 Å². The highest BCUT2D eigenvalue weighted by Crippen LogP contribution is 2.44. The monoisotopic (exact) mass is 454 g/mol. The molecule has 2 aromatic carbocycles. The van der Waals surface area contributed by atoms with Gasteiger partial charge in [0.1, 0.15) is 5.75 Å². The van der Waals surface area contributed by atoms with E-state index in [4.69, 9.17) is 9.84 Å². The molecule has 32 heavy (non-hydrogen) atoms. The number of carboxylic acid groups (broad SMARTS) is 1. The number of rotatable bonds is 9. The number of hydrogen-bond acceptors (Lipinski definition) is 3. The van der Waals surface area contributed by atoms with Crippen LogP contribution < -0.4 is 4.74 Å². The summed E-state index contributed by atoms with van der Waals surface area (Å²) in [6, 6.07) is 10.5. The van der Waals surface area contributed by atoms with Gasteiger partial charge in [0, 0.05) is 33.7 Å². The third kappa shape index (κ3) is 5.21. The van der Waals surface area contributed by atoms with E-state index in [-0.39, 0.29) is 5.92 Å². The van der Waals surface area contributed by atoms with Crippen molar-refractivity contribution in [3.8, 4) is 16.9 Å². The molecule has 0 aliphatic heterocycles. The van der Waals surface area contributed by atoms with Crippen LogP contribution in [0.3, 0.4) is 0 Å². The molecular formula is C27H31FO3S. The number of carbonyl (C=O) groups is 1. The third-order valence-electron chi connectivity index (χ3n) is 5.61. The number of alkyl halides is 1. The van der Waals surface area contributed by atoms with Crippen molar-refractivity contribution in [2.75, 3.05) is 13.3 Å². The van der Waals surface area contributed by atoms with Crippen LogP contribution in [-0.2, 0) is 4.79 Å². The maximum absolute atomic E-state index is 12.8. The Morgan fingerprint density at radius 3 is 2.50 bits per heavy atom. The molecule has 0 spiro atoms. The van der Waals surface area contributed by atoms with Crippen LogP contribution in [0.15, 0.2) is 41.8 Å². The maximum atomic E-state index is 12.8. The van der Waals surface area contributed by atoms with Gasteiger partial charge in [-0.3, -0.25) is 4.39 Å². The maximum Gasteiger partial charge on any atom is 0.328 e. The number of halogens is 1. The predicted molar refractivity (Wildman–Crippen MR) is 133 cm³/mol. The highest BCUT2D eigenvalue weighted by atomic mass is 32.1. The third-order valence-corrected chi connectivity index (χ3v) is 6.58. The minimum atomic E-state index is -0.956. The van der Waals surface area contributed by atoms with Gasteiger partial charge in [-0.1, -0.05) is 39.8 Å². The summed E-state index contributed by atoms with van der Waals surface area (Å²) in [6.45, 7) is 10.4. The Hall–Kier alpha value is -2.66. The van der Waals surface area contributed by atoms with Crippen molar-refractivity contribution in [2.45, 2.75) is 52.9 Å². The summed E-state index contributed by atoms with van der Waals surface area (Å²) < 4.78 is 20.1. The predicted octanol–water partition coefficient (Wildman–Crippen LogP) is 8.04. The smallest absolute Gasteiger partial charge is 0.328 e. The fourth-order valence-electron chi connectivity index (χ4n) is 3.78. The number of benzene rings is 2. The number of hydrogen-bond donors (Lipinski definition) is 1. The average molecular weight is 455 g/mol. The van der Waals surface area contributed by atoms with E-state index in [1.165, 1.54) is 11.6 Å². The number of carboxylic acids is 1. The minimum Gasteiger partial charge on any atom is -0.493 e. The van der Waals surface area contributed by atoms with Gasteiger partial charge < -0.3 is 9.84 Å². The summed E-state index contributed by atoms with van der Waals surface area (Å²) in [6.07, 6.45) is 1.59. The fraction of sp³-hybridized carbons (Fsp3) is 0.370. The van der Waals surface area contributed by atoms with E-state index >= 15 is 0 Å². The van der Waals surface area contributed by atoms with Crippen LogP contribution in [-0.4, -0.2) is 24.4 Å². The number of fused-ring (bicyclic) bond motifs is 1. The highest BCUT2D eigenvalue weighted by molar-refractivity contribution is 7.17. The fourth-order valence-corrected chi connectivity index (χ4v) is 4.72. The largest absolute Gasteiger partial charge is 0.493 e. The van der Waals surface area contributed by atoms with E-state index < -0.39 is 12.6 Å². The van der Waals surface area contributed by atoms with Gasteiger partial charge >= 0.3 is 5.97 Å². The summed E-state index contributed by atoms with van der Waals surface area (Å²) in [5.41, 5.74) is 6.02. The second-order valence-electron chi connectivity index (χ2n) is 8.71. The Morgan fingerprint density at radius 2 is 1.88 bits per heavy atom. The number of thiophene rings is 1. The molecule has 170 valence electrons. The van der Waals surface area contributed by atoms with Crippen molar-refractivity contribution < 1.29 is 19.0 Å². The Kier molecular flexibility index (Phi) is 7.73. The molecule has 5 heteroatoms. The highest BCUT2D eigenvalue weighted by Gasteiger charge is 2.20. The molecule has 0 fully saturated rings. The summed E-state index contributed by atoms with van der Waals surface area (Å²) in [5.74, 6) is 0.477. The second kappa shape index (κ2) is 10.3. The lowest BCUT2D eigenvalue weighted by Crippen LogP contribution is -2.05. The molecule has 0 radical (unpaired) electrons. The van der Waals surface area contributed by atoms with Gasteiger partial charge in [0.15, 0.2) is 0 Å². The topological polar surface area (TPSA) is 46.5 Å². The number of allylic oxidation sites excluding steroid dienone is 1. The van der Waals surface area contributed by atoms with E-state index in [0.29, 0.717) is 24.5 Å². The first-order chi connectivity index (χ1) is 15.2. The van der Waals surface area contributed by atoms with E-state index in [1.54, 1.807) is 11.3 Å². The zero-order valence-electron chi connectivity index (χ0n) is 19.4. The Balaban J connectivity index is 2.25. The van der Waals surface area contributed by atoms with Gasteiger partial charge in [-0.15, -0.1) is 11.3 Å². The molecule has 0 aliphatic rings. The van der Waals surface area contributed by atoms with Gasteiger partial charge in [0.2, 0.25) is 0 Å². The lowest BCUT2D eigenvalue weighted by atomic mass is 9.89. The van der Waals surface area contributed by atoms with Gasteiger partial charge in [-0.2, -0.15) is 0 Å². The molecule has 0 unspecified atom stereocenters. The summed E-state index contributed by atoms with van der Waals surface area (Å²) in [5, 5.41) is 12.3. The lowest BCUT2D eigenvalue weighted by Gasteiger charge is -2.21. The van der Waals surface area contributed by atoms with Crippen LogP contribution in [0.25, 0.3) is 26.8 Å². The molecule has 3 aromatic rings. The van der Waals surface area contributed by atoms with E-state index in [1.807, 2.05) is 19.1 Å². The molecule has 0 amide bonds. The quantitative estimate of drug-likeness (QED) is 0.263. The van der Waals surface area contributed by atoms with Crippen LogP contribution >= 0.6 is 11.3 Å². The molecule has 0 bridgehead atoms.